The van der Waals surface area contributed by atoms with E-state index in [4.69, 9.17) is 0 Å². The van der Waals surface area contributed by atoms with Crippen LogP contribution in [-0.2, 0) is 0 Å². The van der Waals surface area contributed by atoms with E-state index in [0.717, 1.165) is 0 Å². The van der Waals surface area contributed by atoms with Gasteiger partial charge in [-0.25, -0.2) is 0 Å². The molecule has 0 atom stereocenters. The van der Waals surface area contributed by atoms with E-state index >= 15 is 0 Å². The Hall–Kier alpha value is -3.02. The molecule has 2 aromatic carbocycles. The van der Waals surface area contributed by atoms with Gasteiger partial charge in [0.15, 0.2) is 0 Å². The lowest BCUT2D eigenvalue weighted by molar-refractivity contribution is 1.26. The van der Waals surface area contributed by atoms with Crippen LogP contribution in [0.4, 0.5) is 0 Å². The summed E-state index contributed by atoms with van der Waals surface area (Å²) in [5.41, 5.74) is -1.87. The summed E-state index contributed by atoms with van der Waals surface area (Å²) in [6.07, 6.45) is 0. The van der Waals surface area contributed by atoms with Crippen LogP contribution in [-0.4, -0.2) is 9.97 Å². The first kappa shape index (κ1) is 10.9. The van der Waals surface area contributed by atoms with Crippen molar-refractivity contribution < 1.29 is 0 Å². The molecule has 2 aromatic heterocycles. The molecule has 0 aliphatic rings. The van der Waals surface area contributed by atoms with Crippen LogP contribution in [0.3, 0.4) is 0 Å². The third-order valence-corrected chi connectivity index (χ3v) is 3.60. The molecule has 0 spiro atoms. The Kier molecular flexibility index (Phi) is 1.79. The highest BCUT2D eigenvalue weighted by atomic mass is 16.2. The highest BCUT2D eigenvalue weighted by molar-refractivity contribution is 6.16. The van der Waals surface area contributed by atoms with Crippen molar-refractivity contribution >= 4 is 32.3 Å². The van der Waals surface area contributed by atoms with Crippen molar-refractivity contribution in [2.45, 2.75) is 0 Å². The minimum absolute atomic E-state index is 0.252. The minimum Gasteiger partial charge on any atom is -0.288 e. The Bertz CT molecular complexity index is 1120. The van der Waals surface area contributed by atoms with Gasteiger partial charge in [-0.3, -0.25) is 29.1 Å². The number of hydrogen-bond donors (Lipinski definition) is 2. The van der Waals surface area contributed by atoms with Gasteiger partial charge in [-0.05, 0) is 22.9 Å². The molecule has 0 fully saturated rings. The van der Waals surface area contributed by atoms with Crippen molar-refractivity contribution in [1.82, 2.24) is 9.97 Å². The highest BCUT2D eigenvalue weighted by Crippen LogP contribution is 2.25. The second kappa shape index (κ2) is 3.30. The molecule has 0 saturated carbocycles. The van der Waals surface area contributed by atoms with Crippen molar-refractivity contribution in [3.63, 3.8) is 0 Å². The third-order valence-electron chi connectivity index (χ3n) is 3.60. The Labute approximate surface area is 109 Å². The maximum absolute atomic E-state index is 11.8. The van der Waals surface area contributed by atoms with Gasteiger partial charge in [0.05, 0.1) is 21.5 Å². The minimum atomic E-state index is -0.486. The van der Waals surface area contributed by atoms with Crippen LogP contribution in [0, 0.1) is 0 Å². The molecule has 2 N–H and O–H groups in total. The lowest BCUT2D eigenvalue weighted by atomic mass is 10.0. The maximum atomic E-state index is 11.8. The fourth-order valence-corrected chi connectivity index (χ4v) is 2.74. The molecule has 4 rings (SSSR count). The summed E-state index contributed by atoms with van der Waals surface area (Å²) in [7, 11) is 0. The second-order valence-electron chi connectivity index (χ2n) is 4.64. The summed E-state index contributed by atoms with van der Waals surface area (Å²) < 4.78 is 0. The van der Waals surface area contributed by atoms with Gasteiger partial charge in [-0.2, -0.15) is 0 Å². The summed E-state index contributed by atoms with van der Waals surface area (Å²) in [5.74, 6) is 0. The third kappa shape index (κ3) is 1.13. The Morgan fingerprint density at radius 3 is 1.25 bits per heavy atom. The van der Waals surface area contributed by atoms with Gasteiger partial charge in [0, 0.05) is 0 Å². The highest BCUT2D eigenvalue weighted by Gasteiger charge is 2.14. The van der Waals surface area contributed by atoms with Crippen LogP contribution in [0.25, 0.3) is 32.3 Å². The monoisotopic (exact) mass is 266 g/mol. The molecule has 96 valence electrons. The Morgan fingerprint density at radius 1 is 0.500 bits per heavy atom. The largest absolute Gasteiger partial charge is 0.288 e. The first-order valence-electron chi connectivity index (χ1n) is 5.89. The number of H-pyrrole nitrogens is 2. The Balaban J connectivity index is 2.47. The summed E-state index contributed by atoms with van der Waals surface area (Å²) >= 11 is 0. The first-order chi connectivity index (χ1) is 9.58. The van der Waals surface area contributed by atoms with E-state index in [1.165, 1.54) is 12.1 Å². The van der Waals surface area contributed by atoms with Crippen molar-refractivity contribution in [3.05, 3.63) is 65.7 Å². The van der Waals surface area contributed by atoms with Crippen molar-refractivity contribution in [1.29, 1.82) is 0 Å². The van der Waals surface area contributed by atoms with Crippen LogP contribution in [0.15, 0.2) is 43.4 Å². The zero-order chi connectivity index (χ0) is 14.0. The number of nitrogens with one attached hydrogen (secondary N) is 2. The molecule has 0 aliphatic heterocycles. The number of fused-ring (bicyclic) bond motifs is 5. The molecule has 20 heavy (non-hydrogen) atoms. The van der Waals surface area contributed by atoms with Gasteiger partial charge in [0.1, 0.15) is 0 Å². The van der Waals surface area contributed by atoms with E-state index in [2.05, 4.69) is 9.97 Å². The molecule has 0 bridgehead atoms. The predicted octanol–water partition coefficient (Wildman–Crippen LogP) is 0.119. The first-order valence-corrected chi connectivity index (χ1v) is 5.89. The van der Waals surface area contributed by atoms with E-state index in [0.29, 0.717) is 10.8 Å². The van der Waals surface area contributed by atoms with Crippen molar-refractivity contribution in [2.24, 2.45) is 0 Å². The summed E-state index contributed by atoms with van der Waals surface area (Å²) in [5, 5.41) is 2.06. The molecule has 6 heteroatoms. The van der Waals surface area contributed by atoms with Gasteiger partial charge >= 0.3 is 0 Å². The molecule has 0 unspecified atom stereocenters. The fraction of sp³-hybridized carbons (Fsp3) is 0. The summed E-state index contributed by atoms with van der Waals surface area (Å²) in [6, 6.07) is 6.16. The van der Waals surface area contributed by atoms with Crippen LogP contribution < -0.4 is 22.2 Å². The molecular weight excluding hydrogens is 260 g/mol. The Morgan fingerprint density at radius 2 is 0.850 bits per heavy atom. The average Bonchev–Trinajstić information content (AvgIpc) is 2.87. The summed E-state index contributed by atoms with van der Waals surface area (Å²) in [4.78, 5) is 51.3. The maximum Gasteiger partial charge on any atom is 0.259 e. The average molecular weight is 266 g/mol. The molecule has 2 heterocycles. The lowest BCUT2D eigenvalue weighted by Gasteiger charge is -1.99. The molecule has 0 saturated heterocycles. The second-order valence-corrected chi connectivity index (χ2v) is 4.64. The zero-order valence-electron chi connectivity index (χ0n) is 9.94. The van der Waals surface area contributed by atoms with Crippen molar-refractivity contribution in [3.8, 4) is 0 Å². The van der Waals surface area contributed by atoms with E-state index in [1.54, 1.807) is 12.1 Å². The summed E-state index contributed by atoms with van der Waals surface area (Å²) in [6.45, 7) is 0. The van der Waals surface area contributed by atoms with Crippen LogP contribution in [0.1, 0.15) is 0 Å². The smallest absolute Gasteiger partial charge is 0.259 e. The predicted molar refractivity (Wildman–Crippen MR) is 75.1 cm³/mol. The quantitative estimate of drug-likeness (QED) is 0.472. The molecule has 4 aromatic rings. The number of rotatable bonds is 0. The molecule has 0 aliphatic carbocycles. The lowest BCUT2D eigenvalue weighted by Crippen LogP contribution is -2.05. The fourth-order valence-electron chi connectivity index (χ4n) is 2.74. The van der Waals surface area contributed by atoms with Crippen LogP contribution in [0.2, 0.25) is 0 Å². The van der Waals surface area contributed by atoms with Gasteiger partial charge in [0.2, 0.25) is 0 Å². The van der Waals surface area contributed by atoms with Gasteiger partial charge in [-0.1, -0.05) is 12.1 Å². The number of hydrogen-bond acceptors (Lipinski definition) is 4. The molecule has 6 nitrogen and oxygen atoms in total. The SMILES string of the molecule is O=c1[nH]c(=O)c2c1ccc1c2ccc2c(=O)[nH]c(=O)c21. The van der Waals surface area contributed by atoms with Crippen LogP contribution >= 0.6 is 0 Å². The van der Waals surface area contributed by atoms with E-state index < -0.39 is 22.2 Å². The van der Waals surface area contributed by atoms with Gasteiger partial charge in [0.25, 0.3) is 22.2 Å². The van der Waals surface area contributed by atoms with E-state index in [-0.39, 0.29) is 21.5 Å². The normalized spacial score (nSPS) is 11.8. The van der Waals surface area contributed by atoms with Gasteiger partial charge < -0.3 is 0 Å². The molecule has 0 amide bonds. The molecular formula is C14H6N2O4. The van der Waals surface area contributed by atoms with E-state index in [1.807, 2.05) is 0 Å². The zero-order valence-corrected chi connectivity index (χ0v) is 9.94. The van der Waals surface area contributed by atoms with Crippen LogP contribution in [0.5, 0.6) is 0 Å². The number of benzene rings is 2. The number of aromatic amines is 2. The molecule has 0 radical (unpaired) electrons. The standard InChI is InChI=1S/C14H6N2O4/c17-11-7-3-1-5-6(10(7)14(20)15-11)2-4-8-9(5)13(19)16-12(8)18/h1-4H,(H,15,17,20)(H,16,18,19). The van der Waals surface area contributed by atoms with Gasteiger partial charge in [-0.15, -0.1) is 0 Å². The topological polar surface area (TPSA) is 99.9 Å². The van der Waals surface area contributed by atoms with Crippen molar-refractivity contribution in [2.75, 3.05) is 0 Å². The van der Waals surface area contributed by atoms with E-state index in [9.17, 15) is 19.2 Å². The number of aromatic nitrogens is 2.